The van der Waals surface area contributed by atoms with Crippen molar-refractivity contribution < 1.29 is 15.0 Å². The highest BCUT2D eigenvalue weighted by Gasteiger charge is 2.33. The number of rotatable bonds is 3. The van der Waals surface area contributed by atoms with Gasteiger partial charge in [-0.3, -0.25) is 4.79 Å². The number of aliphatic hydroxyl groups is 2. The first kappa shape index (κ1) is 13.4. The van der Waals surface area contributed by atoms with Crippen LogP contribution in [0.3, 0.4) is 0 Å². The minimum Gasteiger partial charge on any atom is -0.396 e. The molecule has 106 valence electrons. The molecule has 0 aliphatic heterocycles. The van der Waals surface area contributed by atoms with Gasteiger partial charge in [0.25, 0.3) is 5.91 Å². The molecular formula is C13H15N3O3S. The molecule has 1 saturated carbocycles. The van der Waals surface area contributed by atoms with E-state index in [-0.39, 0.29) is 24.5 Å². The van der Waals surface area contributed by atoms with Crippen LogP contribution in [0.5, 0.6) is 0 Å². The number of carbonyl (C=O) groups is 1. The summed E-state index contributed by atoms with van der Waals surface area (Å²) in [5.74, 6) is -0.332. The van der Waals surface area contributed by atoms with E-state index in [1.807, 2.05) is 0 Å². The van der Waals surface area contributed by atoms with Crippen molar-refractivity contribution in [1.82, 2.24) is 14.1 Å². The van der Waals surface area contributed by atoms with Crippen LogP contribution in [0.2, 0.25) is 0 Å². The van der Waals surface area contributed by atoms with E-state index in [1.54, 1.807) is 18.2 Å². The number of nitrogens with zero attached hydrogens (tertiary/aromatic N) is 2. The number of hydrogen-bond acceptors (Lipinski definition) is 6. The highest BCUT2D eigenvalue weighted by molar-refractivity contribution is 7.00. The molecule has 7 heteroatoms. The molecule has 0 saturated heterocycles. The van der Waals surface area contributed by atoms with E-state index in [2.05, 4.69) is 14.1 Å². The van der Waals surface area contributed by atoms with Gasteiger partial charge < -0.3 is 15.5 Å². The molecule has 1 aliphatic carbocycles. The molecule has 3 N–H and O–H groups in total. The van der Waals surface area contributed by atoms with Gasteiger partial charge in [0.15, 0.2) is 0 Å². The molecule has 1 heterocycles. The van der Waals surface area contributed by atoms with Crippen molar-refractivity contribution in [2.24, 2.45) is 5.92 Å². The Morgan fingerprint density at radius 1 is 1.35 bits per heavy atom. The van der Waals surface area contributed by atoms with Crippen molar-refractivity contribution in [3.63, 3.8) is 0 Å². The summed E-state index contributed by atoms with van der Waals surface area (Å²) in [6.07, 6.45) is 0.539. The third kappa shape index (κ3) is 2.52. The molecule has 1 fully saturated rings. The van der Waals surface area contributed by atoms with Gasteiger partial charge in [-0.25, -0.2) is 0 Å². The van der Waals surface area contributed by atoms with E-state index < -0.39 is 6.10 Å². The first-order valence-electron chi connectivity index (χ1n) is 6.49. The minimum atomic E-state index is -0.546. The van der Waals surface area contributed by atoms with Gasteiger partial charge in [0, 0.05) is 24.1 Å². The fourth-order valence-corrected chi connectivity index (χ4v) is 3.13. The Morgan fingerprint density at radius 2 is 2.15 bits per heavy atom. The van der Waals surface area contributed by atoms with Crippen LogP contribution >= 0.6 is 11.7 Å². The highest BCUT2D eigenvalue weighted by atomic mass is 32.1. The van der Waals surface area contributed by atoms with Gasteiger partial charge >= 0.3 is 0 Å². The summed E-state index contributed by atoms with van der Waals surface area (Å²) in [5.41, 5.74) is 2.03. The molecule has 0 spiro atoms. The molecule has 20 heavy (non-hydrogen) atoms. The van der Waals surface area contributed by atoms with Crippen LogP contribution in [0.1, 0.15) is 23.2 Å². The van der Waals surface area contributed by atoms with Crippen LogP contribution in [0.4, 0.5) is 0 Å². The second-order valence-electron chi connectivity index (χ2n) is 5.12. The molecule has 0 bridgehead atoms. The first-order chi connectivity index (χ1) is 9.67. The van der Waals surface area contributed by atoms with Crippen LogP contribution in [-0.4, -0.2) is 43.6 Å². The molecule has 3 rings (SSSR count). The van der Waals surface area contributed by atoms with Crippen molar-refractivity contribution in [2.75, 3.05) is 6.61 Å². The smallest absolute Gasteiger partial charge is 0.251 e. The van der Waals surface area contributed by atoms with Crippen LogP contribution in [0.15, 0.2) is 18.2 Å². The quantitative estimate of drug-likeness (QED) is 0.768. The van der Waals surface area contributed by atoms with Crippen molar-refractivity contribution in [2.45, 2.75) is 25.0 Å². The maximum atomic E-state index is 12.2. The zero-order chi connectivity index (χ0) is 14.1. The number of fused-ring (bicyclic) bond motifs is 1. The summed E-state index contributed by atoms with van der Waals surface area (Å²) in [4.78, 5) is 12.2. The van der Waals surface area contributed by atoms with Crippen molar-refractivity contribution in [1.29, 1.82) is 0 Å². The second kappa shape index (κ2) is 5.43. The second-order valence-corrected chi connectivity index (χ2v) is 5.65. The Bertz CT molecular complexity index is 630. The van der Waals surface area contributed by atoms with Gasteiger partial charge in [0.2, 0.25) is 0 Å². The van der Waals surface area contributed by atoms with E-state index in [9.17, 15) is 9.90 Å². The fourth-order valence-electron chi connectivity index (χ4n) is 2.61. The normalized spacial score (nSPS) is 26.0. The molecule has 2 aromatic rings. The van der Waals surface area contributed by atoms with E-state index in [1.165, 1.54) is 0 Å². The summed E-state index contributed by atoms with van der Waals surface area (Å²) in [7, 11) is 0. The predicted molar refractivity (Wildman–Crippen MR) is 74.5 cm³/mol. The average Bonchev–Trinajstić information content (AvgIpc) is 3.03. The van der Waals surface area contributed by atoms with Crippen molar-refractivity contribution >= 4 is 28.7 Å². The van der Waals surface area contributed by atoms with Crippen LogP contribution in [0, 0.1) is 5.92 Å². The van der Waals surface area contributed by atoms with Crippen LogP contribution < -0.4 is 5.32 Å². The molecule has 1 aromatic heterocycles. The van der Waals surface area contributed by atoms with E-state index in [0.29, 0.717) is 23.9 Å². The third-order valence-corrected chi connectivity index (χ3v) is 4.30. The van der Waals surface area contributed by atoms with Crippen LogP contribution in [-0.2, 0) is 0 Å². The zero-order valence-electron chi connectivity index (χ0n) is 10.7. The van der Waals surface area contributed by atoms with Gasteiger partial charge in [-0.15, -0.1) is 0 Å². The third-order valence-electron chi connectivity index (χ3n) is 3.74. The molecule has 0 unspecified atom stereocenters. The Kier molecular flexibility index (Phi) is 3.64. The Balaban J connectivity index is 1.70. The number of aromatic nitrogens is 2. The fraction of sp³-hybridized carbons (Fsp3) is 0.462. The average molecular weight is 293 g/mol. The Morgan fingerprint density at radius 3 is 2.90 bits per heavy atom. The van der Waals surface area contributed by atoms with Gasteiger partial charge in [0.05, 0.1) is 17.8 Å². The molecular weight excluding hydrogens is 278 g/mol. The number of hydrogen-bond donors (Lipinski definition) is 3. The lowest BCUT2D eigenvalue weighted by molar-refractivity contribution is 0.0903. The number of aliphatic hydroxyl groups excluding tert-OH is 2. The largest absolute Gasteiger partial charge is 0.396 e. The first-order valence-corrected chi connectivity index (χ1v) is 7.22. The van der Waals surface area contributed by atoms with Crippen LogP contribution in [0.25, 0.3) is 11.0 Å². The summed E-state index contributed by atoms with van der Waals surface area (Å²) in [5, 5.41) is 21.7. The van der Waals surface area contributed by atoms with E-state index in [0.717, 1.165) is 17.2 Å². The van der Waals surface area contributed by atoms with Gasteiger partial charge in [-0.2, -0.15) is 8.75 Å². The lowest BCUT2D eigenvalue weighted by Crippen LogP contribution is -2.33. The monoisotopic (exact) mass is 293 g/mol. The lowest BCUT2D eigenvalue weighted by Gasteiger charge is -2.12. The predicted octanol–water partition coefficient (Wildman–Crippen LogP) is 0.553. The summed E-state index contributed by atoms with van der Waals surface area (Å²) >= 11 is 1.12. The maximum Gasteiger partial charge on any atom is 0.251 e. The Hall–Kier alpha value is -1.57. The summed E-state index contributed by atoms with van der Waals surface area (Å²) in [6.45, 7) is -0.0516. The maximum absolute atomic E-state index is 12.2. The summed E-state index contributed by atoms with van der Waals surface area (Å²) in [6, 6.07) is 5.10. The number of amides is 1. The number of nitrogens with one attached hydrogen (secondary N) is 1. The topological polar surface area (TPSA) is 95.3 Å². The molecule has 3 atom stereocenters. The standard InChI is InChI=1S/C13H15N3O3S/c17-6-8-3-9(5-12(8)18)14-13(19)7-1-2-10-11(4-7)16-20-15-10/h1-2,4,8-9,12,17-18H,3,5-6H2,(H,14,19)/t8-,9-,12-/m1/s1. The SMILES string of the molecule is O=C(N[C@@H]1C[C@H](CO)[C@H](O)C1)c1ccc2nsnc2c1. The Labute approximate surface area is 119 Å². The van der Waals surface area contributed by atoms with Gasteiger partial charge in [-0.1, -0.05) is 0 Å². The van der Waals surface area contributed by atoms with Gasteiger partial charge in [-0.05, 0) is 31.0 Å². The van der Waals surface area contributed by atoms with E-state index >= 15 is 0 Å². The van der Waals surface area contributed by atoms with Crippen molar-refractivity contribution in [3.8, 4) is 0 Å². The molecule has 1 amide bonds. The van der Waals surface area contributed by atoms with Gasteiger partial charge in [0.1, 0.15) is 11.0 Å². The summed E-state index contributed by atoms with van der Waals surface area (Å²) < 4.78 is 8.20. The number of carbonyl (C=O) groups excluding carboxylic acids is 1. The molecule has 6 nitrogen and oxygen atoms in total. The zero-order valence-corrected chi connectivity index (χ0v) is 11.5. The highest BCUT2D eigenvalue weighted by Crippen LogP contribution is 2.26. The van der Waals surface area contributed by atoms with E-state index in [4.69, 9.17) is 5.11 Å². The molecule has 1 aromatic carbocycles. The number of benzene rings is 1. The lowest BCUT2D eigenvalue weighted by atomic mass is 10.1. The van der Waals surface area contributed by atoms with Crippen molar-refractivity contribution in [3.05, 3.63) is 23.8 Å². The molecule has 1 aliphatic rings. The molecule has 0 radical (unpaired) electrons. The minimum absolute atomic E-state index is 0.0516.